The van der Waals surface area contributed by atoms with Gasteiger partial charge in [0.25, 0.3) is 5.69 Å². The molecule has 1 aromatic carbocycles. The molecule has 0 unspecified atom stereocenters. The summed E-state index contributed by atoms with van der Waals surface area (Å²) < 4.78 is 10.1. The zero-order valence-corrected chi connectivity index (χ0v) is 14.4. The molecule has 132 valence electrons. The van der Waals surface area contributed by atoms with Crippen molar-refractivity contribution in [1.29, 1.82) is 0 Å². The first-order chi connectivity index (χ1) is 11.9. The summed E-state index contributed by atoms with van der Waals surface area (Å²) in [5.41, 5.74) is 0.632. The molecule has 1 N–H and O–H groups in total. The molecule has 2 aromatic rings. The molecule has 0 atom stereocenters. The number of rotatable bonds is 7. The van der Waals surface area contributed by atoms with Crippen molar-refractivity contribution in [3.63, 3.8) is 0 Å². The van der Waals surface area contributed by atoms with Crippen molar-refractivity contribution in [2.24, 2.45) is 0 Å². The Balaban J connectivity index is 1.86. The lowest BCUT2D eigenvalue weighted by Crippen LogP contribution is -2.14. The summed E-state index contributed by atoms with van der Waals surface area (Å²) in [6.07, 6.45) is 0. The third-order valence-electron chi connectivity index (χ3n) is 3.19. The van der Waals surface area contributed by atoms with Gasteiger partial charge in [-0.25, -0.2) is 4.79 Å². The largest absolute Gasteiger partial charge is 0.465 e. The second-order valence-electron chi connectivity index (χ2n) is 5.02. The predicted octanol–water partition coefficient (Wildman–Crippen LogP) is 3.15. The van der Waals surface area contributed by atoms with E-state index in [9.17, 15) is 19.7 Å². The molecule has 0 aliphatic carbocycles. The Kier molecular flexibility index (Phi) is 6.18. The van der Waals surface area contributed by atoms with Crippen molar-refractivity contribution in [2.75, 3.05) is 18.2 Å². The number of methoxy groups -OCH3 is 1. The number of non-ortho nitro benzene ring substituents is 1. The summed E-state index contributed by atoms with van der Waals surface area (Å²) in [5, 5.41) is 13.3. The second-order valence-corrected chi connectivity index (χ2v) is 6.01. The number of esters is 1. The van der Waals surface area contributed by atoms with E-state index >= 15 is 0 Å². The molecule has 0 fully saturated rings. The lowest BCUT2D eigenvalue weighted by molar-refractivity contribution is -0.384. The van der Waals surface area contributed by atoms with Crippen molar-refractivity contribution in [1.82, 2.24) is 0 Å². The quantitative estimate of drug-likeness (QED) is 0.456. The van der Waals surface area contributed by atoms with E-state index in [0.29, 0.717) is 28.5 Å². The smallest absolute Gasteiger partial charge is 0.341 e. The maximum atomic E-state index is 11.9. The molecule has 1 amide bonds. The molecule has 8 nitrogen and oxygen atoms in total. The molecular weight excluding hydrogens is 348 g/mol. The standard InChI is InChI=1S/C16H16N2O6S/c1-10-14(16(20)23-2)7-13(24-10)8-25-9-15(19)17-11-4-3-5-12(6-11)18(21)22/h3-7H,8-9H2,1-2H3,(H,17,19). The highest BCUT2D eigenvalue weighted by atomic mass is 32.2. The van der Waals surface area contributed by atoms with Crippen LogP contribution in [0.15, 0.2) is 34.7 Å². The number of furan rings is 1. The van der Waals surface area contributed by atoms with Crippen molar-refractivity contribution in [3.05, 3.63) is 57.5 Å². The topological polar surface area (TPSA) is 112 Å². The normalized spacial score (nSPS) is 10.3. The van der Waals surface area contributed by atoms with Crippen LogP contribution in [0.2, 0.25) is 0 Å². The molecule has 0 saturated carbocycles. The van der Waals surface area contributed by atoms with Gasteiger partial charge in [-0.3, -0.25) is 14.9 Å². The van der Waals surface area contributed by atoms with Crippen LogP contribution in [0, 0.1) is 17.0 Å². The number of carbonyl (C=O) groups excluding carboxylic acids is 2. The van der Waals surface area contributed by atoms with Gasteiger partial charge in [0.2, 0.25) is 5.91 Å². The fraction of sp³-hybridized carbons (Fsp3) is 0.250. The van der Waals surface area contributed by atoms with E-state index in [2.05, 4.69) is 10.1 Å². The number of carbonyl (C=O) groups is 2. The van der Waals surface area contributed by atoms with Crippen molar-refractivity contribution >= 4 is 35.0 Å². The molecule has 0 spiro atoms. The molecule has 1 heterocycles. The number of anilines is 1. The van der Waals surface area contributed by atoms with Gasteiger partial charge in [0.1, 0.15) is 17.1 Å². The predicted molar refractivity (Wildman–Crippen MR) is 92.7 cm³/mol. The third-order valence-corrected chi connectivity index (χ3v) is 4.15. The minimum absolute atomic E-state index is 0.0909. The summed E-state index contributed by atoms with van der Waals surface area (Å²) in [7, 11) is 1.29. The molecular formula is C16H16N2O6S. The second kappa shape index (κ2) is 8.34. The molecule has 0 aliphatic rings. The summed E-state index contributed by atoms with van der Waals surface area (Å²) in [6, 6.07) is 7.31. The molecule has 0 aliphatic heterocycles. The molecule has 0 radical (unpaired) electrons. The SMILES string of the molecule is COC(=O)c1cc(CSCC(=O)Nc2cccc([N+](=O)[O-])c2)oc1C. The van der Waals surface area contributed by atoms with Crippen LogP contribution in [-0.2, 0) is 15.3 Å². The molecule has 0 saturated heterocycles. The van der Waals surface area contributed by atoms with Crippen LogP contribution in [-0.4, -0.2) is 29.7 Å². The zero-order chi connectivity index (χ0) is 18.4. The van der Waals surface area contributed by atoms with Gasteiger partial charge in [-0.05, 0) is 19.1 Å². The van der Waals surface area contributed by atoms with Crippen LogP contribution in [0.3, 0.4) is 0 Å². The molecule has 25 heavy (non-hydrogen) atoms. The first-order valence-electron chi connectivity index (χ1n) is 7.20. The third kappa shape index (κ3) is 5.08. The van der Waals surface area contributed by atoms with Gasteiger partial charge >= 0.3 is 5.97 Å². The molecule has 9 heteroatoms. The Morgan fingerprint density at radius 3 is 2.80 bits per heavy atom. The van der Waals surface area contributed by atoms with Gasteiger partial charge in [0.15, 0.2) is 0 Å². The number of hydrogen-bond donors (Lipinski definition) is 1. The van der Waals surface area contributed by atoms with Gasteiger partial charge in [0.05, 0.1) is 23.5 Å². The van der Waals surface area contributed by atoms with Crippen LogP contribution >= 0.6 is 11.8 Å². The average Bonchev–Trinajstić information content (AvgIpc) is 2.95. The van der Waals surface area contributed by atoms with E-state index in [1.165, 1.54) is 37.1 Å². The van der Waals surface area contributed by atoms with Gasteiger partial charge in [0, 0.05) is 17.8 Å². The van der Waals surface area contributed by atoms with Gasteiger partial charge < -0.3 is 14.5 Å². The minimum Gasteiger partial charge on any atom is -0.465 e. The molecule has 2 rings (SSSR count). The number of nitro groups is 1. The molecule has 0 bridgehead atoms. The number of thioether (sulfide) groups is 1. The average molecular weight is 364 g/mol. The Bertz CT molecular complexity index is 802. The van der Waals surface area contributed by atoms with Crippen LogP contribution in [0.4, 0.5) is 11.4 Å². The van der Waals surface area contributed by atoms with E-state index in [0.717, 1.165) is 0 Å². The van der Waals surface area contributed by atoms with Crippen LogP contribution in [0.25, 0.3) is 0 Å². The highest BCUT2D eigenvalue weighted by Crippen LogP contribution is 2.21. The maximum Gasteiger partial charge on any atom is 0.341 e. The number of nitro benzene ring substituents is 1. The number of benzene rings is 1. The Morgan fingerprint density at radius 1 is 1.36 bits per heavy atom. The van der Waals surface area contributed by atoms with E-state index < -0.39 is 10.9 Å². The number of hydrogen-bond acceptors (Lipinski definition) is 7. The fourth-order valence-corrected chi connectivity index (χ4v) is 2.77. The lowest BCUT2D eigenvalue weighted by atomic mass is 10.2. The van der Waals surface area contributed by atoms with Gasteiger partial charge in [-0.2, -0.15) is 0 Å². The number of amides is 1. The van der Waals surface area contributed by atoms with E-state index in [1.807, 2.05) is 0 Å². The summed E-state index contributed by atoms with van der Waals surface area (Å²) in [6.45, 7) is 1.66. The Morgan fingerprint density at radius 2 is 2.12 bits per heavy atom. The number of aryl methyl sites for hydroxylation is 1. The van der Waals surface area contributed by atoms with Crippen LogP contribution < -0.4 is 5.32 Å². The van der Waals surface area contributed by atoms with E-state index in [1.54, 1.807) is 19.1 Å². The fourth-order valence-electron chi connectivity index (χ4n) is 2.07. The Labute approximate surface area is 147 Å². The number of nitrogens with zero attached hydrogens (tertiary/aromatic N) is 1. The van der Waals surface area contributed by atoms with Gasteiger partial charge in [-0.1, -0.05) is 6.07 Å². The van der Waals surface area contributed by atoms with E-state index in [-0.39, 0.29) is 17.3 Å². The maximum absolute atomic E-state index is 11.9. The van der Waals surface area contributed by atoms with E-state index in [4.69, 9.17) is 4.42 Å². The monoisotopic (exact) mass is 364 g/mol. The first kappa shape index (κ1) is 18.5. The van der Waals surface area contributed by atoms with Crippen molar-refractivity contribution in [3.8, 4) is 0 Å². The van der Waals surface area contributed by atoms with Gasteiger partial charge in [-0.15, -0.1) is 11.8 Å². The first-order valence-corrected chi connectivity index (χ1v) is 8.36. The summed E-state index contributed by atoms with van der Waals surface area (Å²) in [5.74, 6) is 0.799. The lowest BCUT2D eigenvalue weighted by Gasteiger charge is -2.04. The molecule has 1 aromatic heterocycles. The Hall–Kier alpha value is -2.81. The van der Waals surface area contributed by atoms with Crippen molar-refractivity contribution in [2.45, 2.75) is 12.7 Å². The number of nitrogens with one attached hydrogen (secondary N) is 1. The van der Waals surface area contributed by atoms with Crippen LogP contribution in [0.1, 0.15) is 21.9 Å². The summed E-state index contributed by atoms with van der Waals surface area (Å²) in [4.78, 5) is 33.6. The number of ether oxygens (including phenoxy) is 1. The highest BCUT2D eigenvalue weighted by Gasteiger charge is 2.15. The van der Waals surface area contributed by atoms with Crippen molar-refractivity contribution < 1.29 is 23.7 Å². The minimum atomic E-state index is -0.525. The summed E-state index contributed by atoms with van der Waals surface area (Å²) >= 11 is 1.29. The van der Waals surface area contributed by atoms with Crippen LogP contribution in [0.5, 0.6) is 0 Å². The zero-order valence-electron chi connectivity index (χ0n) is 13.6. The highest BCUT2D eigenvalue weighted by molar-refractivity contribution is 7.99.